The van der Waals surface area contributed by atoms with Crippen molar-refractivity contribution in [2.45, 2.75) is 43.4 Å². The van der Waals surface area contributed by atoms with Gasteiger partial charge in [0.2, 0.25) is 5.91 Å². The summed E-state index contributed by atoms with van der Waals surface area (Å²) in [6.07, 6.45) is 5.33. The number of nitrogens with zero attached hydrogens (tertiary/aromatic N) is 5. The van der Waals surface area contributed by atoms with E-state index in [-0.39, 0.29) is 24.6 Å². The van der Waals surface area contributed by atoms with Gasteiger partial charge in [0.25, 0.3) is 0 Å². The van der Waals surface area contributed by atoms with Crippen LogP contribution >= 0.6 is 0 Å². The van der Waals surface area contributed by atoms with Crippen LogP contribution in [-0.2, 0) is 15.1 Å². The third-order valence-corrected chi connectivity index (χ3v) is 6.69. The highest BCUT2D eigenvalue weighted by molar-refractivity contribution is 5.78. The Morgan fingerprint density at radius 3 is 2.45 bits per heavy atom. The largest absolute Gasteiger partial charge is 0.360 e. The van der Waals surface area contributed by atoms with E-state index in [0.717, 1.165) is 37.1 Å². The fourth-order valence-electron chi connectivity index (χ4n) is 4.96. The number of carbonyl (C=O) groups is 1. The number of carbonyl (C=O) groups excluding carboxylic acids is 1. The lowest BCUT2D eigenvalue weighted by atomic mass is 10.0. The van der Waals surface area contributed by atoms with Gasteiger partial charge in [-0.3, -0.25) is 4.79 Å². The highest BCUT2D eigenvalue weighted by atomic mass is 16.5. The number of anilines is 1. The lowest BCUT2D eigenvalue weighted by Crippen LogP contribution is -2.56. The molecule has 156 valence electrons. The van der Waals surface area contributed by atoms with Gasteiger partial charge in [-0.1, -0.05) is 18.2 Å². The van der Waals surface area contributed by atoms with Gasteiger partial charge in [0.15, 0.2) is 0 Å². The Morgan fingerprint density at radius 2 is 1.84 bits per heavy atom. The summed E-state index contributed by atoms with van der Waals surface area (Å²) in [5.74, 6) is 0.880. The molecule has 0 spiro atoms. The number of hydrogen-bond donors (Lipinski definition) is 0. The summed E-state index contributed by atoms with van der Waals surface area (Å²) in [5.41, 5.74) is 1.57. The topological polar surface area (TPSA) is 93.3 Å². The van der Waals surface area contributed by atoms with Crippen molar-refractivity contribution in [1.82, 2.24) is 9.88 Å². The van der Waals surface area contributed by atoms with Crippen LogP contribution < -0.4 is 4.90 Å². The van der Waals surface area contributed by atoms with E-state index < -0.39 is 5.60 Å². The van der Waals surface area contributed by atoms with E-state index >= 15 is 0 Å². The molecule has 0 N–H and O–H groups in total. The first kappa shape index (κ1) is 19.5. The summed E-state index contributed by atoms with van der Waals surface area (Å²) in [6.45, 7) is 1.35. The monoisotopic (exact) mass is 413 g/mol. The summed E-state index contributed by atoms with van der Waals surface area (Å²) < 4.78 is 6.11. The van der Waals surface area contributed by atoms with Crippen molar-refractivity contribution in [3.8, 4) is 12.1 Å². The summed E-state index contributed by atoms with van der Waals surface area (Å²) in [5, 5.41) is 18.4. The van der Waals surface area contributed by atoms with Crippen LogP contribution in [0.25, 0.3) is 0 Å². The van der Waals surface area contributed by atoms with Crippen LogP contribution in [0.5, 0.6) is 0 Å². The number of ether oxygens (including phenoxy) is 1. The van der Waals surface area contributed by atoms with Gasteiger partial charge >= 0.3 is 0 Å². The standard InChI is InChI=1S/C24H23N5O2/c25-11-17-5-8-22(27-13-17)29-19-6-7-20(29)15-28(14-19)23(30)16-31-24(9-10-24)21-4-2-1-3-18(21)12-26/h1-5,8,13,19-20H,6-7,9-10,14-16H2/t19-,20?/m0/s1. The maximum Gasteiger partial charge on any atom is 0.248 e. The minimum atomic E-state index is -0.491. The minimum Gasteiger partial charge on any atom is -0.360 e. The lowest BCUT2D eigenvalue weighted by Gasteiger charge is -2.41. The number of nitriles is 2. The minimum absolute atomic E-state index is 0.00468. The molecule has 5 rings (SSSR count). The van der Waals surface area contributed by atoms with Crippen LogP contribution in [0, 0.1) is 22.7 Å². The molecule has 1 aromatic carbocycles. The van der Waals surface area contributed by atoms with Crippen LogP contribution in [0.2, 0.25) is 0 Å². The van der Waals surface area contributed by atoms with Crippen LogP contribution in [0.1, 0.15) is 42.4 Å². The molecule has 2 saturated heterocycles. The molecule has 31 heavy (non-hydrogen) atoms. The van der Waals surface area contributed by atoms with Crippen molar-refractivity contribution in [2.75, 3.05) is 24.6 Å². The van der Waals surface area contributed by atoms with Crippen LogP contribution in [0.15, 0.2) is 42.6 Å². The predicted molar refractivity (Wildman–Crippen MR) is 113 cm³/mol. The second-order valence-corrected chi connectivity index (χ2v) is 8.55. The number of hydrogen-bond acceptors (Lipinski definition) is 6. The zero-order valence-corrected chi connectivity index (χ0v) is 17.2. The highest BCUT2D eigenvalue weighted by Crippen LogP contribution is 2.50. The number of rotatable bonds is 5. The molecular weight excluding hydrogens is 390 g/mol. The second kappa shape index (κ2) is 7.68. The van der Waals surface area contributed by atoms with Gasteiger partial charge in [-0.15, -0.1) is 0 Å². The van der Waals surface area contributed by atoms with Crippen molar-refractivity contribution in [3.63, 3.8) is 0 Å². The molecule has 3 heterocycles. The zero-order valence-electron chi connectivity index (χ0n) is 17.2. The fraction of sp³-hybridized carbons (Fsp3) is 0.417. The van der Waals surface area contributed by atoms with Crippen molar-refractivity contribution in [2.24, 2.45) is 0 Å². The highest BCUT2D eigenvalue weighted by Gasteiger charge is 2.48. The van der Waals surface area contributed by atoms with Gasteiger partial charge in [0, 0.05) is 36.9 Å². The Kier molecular flexibility index (Phi) is 4.84. The van der Waals surface area contributed by atoms with Crippen molar-refractivity contribution in [1.29, 1.82) is 10.5 Å². The molecule has 1 aromatic heterocycles. The number of amides is 1. The smallest absolute Gasteiger partial charge is 0.248 e. The van der Waals surface area contributed by atoms with Crippen molar-refractivity contribution in [3.05, 3.63) is 59.3 Å². The van der Waals surface area contributed by atoms with E-state index in [1.807, 2.05) is 29.2 Å². The average molecular weight is 413 g/mol. The summed E-state index contributed by atoms with van der Waals surface area (Å²) >= 11 is 0. The first-order valence-corrected chi connectivity index (χ1v) is 10.7. The predicted octanol–water partition coefficient (Wildman–Crippen LogP) is 2.71. The van der Waals surface area contributed by atoms with Gasteiger partial charge in [-0.25, -0.2) is 4.98 Å². The van der Waals surface area contributed by atoms with Crippen molar-refractivity contribution < 1.29 is 9.53 Å². The molecule has 1 aliphatic carbocycles. The van der Waals surface area contributed by atoms with E-state index in [9.17, 15) is 10.1 Å². The second-order valence-electron chi connectivity index (χ2n) is 8.55. The third-order valence-electron chi connectivity index (χ3n) is 6.69. The Bertz CT molecular complexity index is 1070. The molecule has 2 aliphatic heterocycles. The summed E-state index contributed by atoms with van der Waals surface area (Å²) in [4.78, 5) is 21.6. The first-order chi connectivity index (χ1) is 15.1. The molecule has 7 heteroatoms. The maximum atomic E-state index is 13.0. The molecule has 7 nitrogen and oxygen atoms in total. The van der Waals surface area contributed by atoms with Crippen LogP contribution in [-0.4, -0.2) is 47.6 Å². The van der Waals surface area contributed by atoms with Gasteiger partial charge in [0.05, 0.1) is 22.8 Å². The number of benzene rings is 1. The van der Waals surface area contributed by atoms with E-state index in [2.05, 4.69) is 22.0 Å². The normalized spacial score (nSPS) is 23.2. The molecule has 2 atom stereocenters. The van der Waals surface area contributed by atoms with Crippen LogP contribution in [0.3, 0.4) is 0 Å². The Hall–Kier alpha value is -3.42. The van der Waals surface area contributed by atoms with Gasteiger partial charge < -0.3 is 14.5 Å². The third kappa shape index (κ3) is 3.52. The Balaban J connectivity index is 1.23. The fourth-order valence-corrected chi connectivity index (χ4v) is 4.96. The van der Waals surface area contributed by atoms with Gasteiger partial charge in [-0.2, -0.15) is 10.5 Å². The Morgan fingerprint density at radius 1 is 1.10 bits per heavy atom. The molecule has 1 unspecified atom stereocenters. The first-order valence-electron chi connectivity index (χ1n) is 10.7. The van der Waals surface area contributed by atoms with E-state index in [1.54, 1.807) is 18.3 Å². The average Bonchev–Trinajstić information content (AvgIpc) is 3.56. The molecule has 3 fully saturated rings. The lowest BCUT2D eigenvalue weighted by molar-refractivity contribution is -0.140. The van der Waals surface area contributed by atoms with E-state index in [0.29, 0.717) is 24.2 Å². The molecular formula is C24H23N5O2. The Labute approximate surface area is 181 Å². The molecule has 1 amide bonds. The quantitative estimate of drug-likeness (QED) is 0.748. The zero-order chi connectivity index (χ0) is 21.4. The number of piperazine rings is 1. The van der Waals surface area contributed by atoms with Gasteiger partial charge in [-0.05, 0) is 43.9 Å². The van der Waals surface area contributed by atoms with Crippen molar-refractivity contribution >= 4 is 11.7 Å². The molecule has 0 radical (unpaired) electrons. The maximum absolute atomic E-state index is 13.0. The SMILES string of the molecule is N#Cc1ccc(N2C3CC[C@H]2CN(C(=O)COC2(c4ccccc4C#N)CC2)C3)nc1. The summed E-state index contributed by atoms with van der Waals surface area (Å²) in [7, 11) is 0. The van der Waals surface area contributed by atoms with Gasteiger partial charge in [0.1, 0.15) is 18.5 Å². The molecule has 3 aliphatic rings. The number of likely N-dealkylation sites (tertiary alicyclic amines) is 1. The van der Waals surface area contributed by atoms with E-state index in [1.165, 1.54) is 0 Å². The molecule has 2 aromatic rings. The number of aromatic nitrogens is 1. The number of fused-ring (bicyclic) bond motifs is 2. The molecule has 2 bridgehead atoms. The van der Waals surface area contributed by atoms with E-state index in [4.69, 9.17) is 10.00 Å². The van der Waals surface area contributed by atoms with Crippen LogP contribution in [0.4, 0.5) is 5.82 Å². The summed E-state index contributed by atoms with van der Waals surface area (Å²) in [6, 6.07) is 16.0. The number of pyridine rings is 1. The molecule has 1 saturated carbocycles.